The van der Waals surface area contributed by atoms with Crippen LogP contribution < -0.4 is 0 Å². The molecule has 0 atom stereocenters. The molecule has 8 heteroatoms. The molecule has 0 unspecified atom stereocenters. The molecule has 1 aromatic rings. The van der Waals surface area contributed by atoms with Crippen LogP contribution in [0.4, 0.5) is 0 Å². The smallest absolute Gasteiger partial charge is 0.242 e. The summed E-state index contributed by atoms with van der Waals surface area (Å²) >= 11 is 0. The second kappa shape index (κ2) is 13.2. The van der Waals surface area contributed by atoms with Gasteiger partial charge >= 0.3 is 0 Å². The zero-order chi connectivity index (χ0) is 23.5. The average molecular weight is 446 g/mol. The molecular formula is C24H39N5O3. The monoisotopic (exact) mass is 445 g/mol. The predicted molar refractivity (Wildman–Crippen MR) is 126 cm³/mol. The number of carbonyl (C=O) groups is 3. The molecule has 32 heavy (non-hydrogen) atoms. The first-order chi connectivity index (χ1) is 15.3. The van der Waals surface area contributed by atoms with Gasteiger partial charge in [-0.15, -0.1) is 0 Å². The van der Waals surface area contributed by atoms with Gasteiger partial charge in [-0.2, -0.15) is 0 Å². The van der Waals surface area contributed by atoms with Crippen LogP contribution in [0.5, 0.6) is 0 Å². The van der Waals surface area contributed by atoms with Gasteiger partial charge in [0.15, 0.2) is 0 Å². The van der Waals surface area contributed by atoms with E-state index in [1.165, 1.54) is 21.8 Å². The van der Waals surface area contributed by atoms with E-state index < -0.39 is 0 Å². The fourth-order valence-corrected chi connectivity index (χ4v) is 3.67. The number of hydrogen-bond donors (Lipinski definition) is 0. The summed E-state index contributed by atoms with van der Waals surface area (Å²) in [5.74, 6) is -0.405. The molecule has 0 bridgehead atoms. The Morgan fingerprint density at radius 2 is 1.31 bits per heavy atom. The Labute approximate surface area is 192 Å². The molecule has 1 heterocycles. The van der Waals surface area contributed by atoms with E-state index in [0.717, 1.165) is 39.0 Å². The number of piperidine rings is 1. The number of likely N-dealkylation sites (tertiary alicyclic amines) is 1. The maximum absolute atomic E-state index is 12.5. The third kappa shape index (κ3) is 8.96. The van der Waals surface area contributed by atoms with Crippen molar-refractivity contribution in [2.24, 2.45) is 0 Å². The van der Waals surface area contributed by atoms with E-state index in [2.05, 4.69) is 21.9 Å². The van der Waals surface area contributed by atoms with Crippen molar-refractivity contribution in [1.29, 1.82) is 0 Å². The highest BCUT2D eigenvalue weighted by Gasteiger charge is 2.21. The van der Waals surface area contributed by atoms with Crippen LogP contribution in [0.15, 0.2) is 30.3 Å². The number of benzene rings is 1. The SMILES string of the molecule is CN(CCN(C)C(=O)CN(C)C(=O)CN(C)C(=O)CN1CCCCC1)Cc1ccccc1. The van der Waals surface area contributed by atoms with E-state index in [9.17, 15) is 14.4 Å². The van der Waals surface area contributed by atoms with Crippen molar-refractivity contribution < 1.29 is 14.4 Å². The van der Waals surface area contributed by atoms with Gasteiger partial charge in [0.05, 0.1) is 19.6 Å². The maximum atomic E-state index is 12.5. The lowest BCUT2D eigenvalue weighted by molar-refractivity contribution is -0.142. The Bertz CT molecular complexity index is 736. The van der Waals surface area contributed by atoms with Crippen LogP contribution in [-0.2, 0) is 20.9 Å². The third-order valence-corrected chi connectivity index (χ3v) is 5.94. The molecule has 1 aromatic carbocycles. The number of amides is 3. The Hall–Kier alpha value is -2.45. The normalized spacial score (nSPS) is 14.3. The molecular weight excluding hydrogens is 406 g/mol. The average Bonchev–Trinajstić information content (AvgIpc) is 2.78. The largest absolute Gasteiger partial charge is 0.343 e. The maximum Gasteiger partial charge on any atom is 0.242 e. The van der Waals surface area contributed by atoms with Crippen molar-refractivity contribution in [3.63, 3.8) is 0 Å². The van der Waals surface area contributed by atoms with Gasteiger partial charge in [0.1, 0.15) is 0 Å². The van der Waals surface area contributed by atoms with Crippen molar-refractivity contribution in [2.45, 2.75) is 25.8 Å². The lowest BCUT2D eigenvalue weighted by Crippen LogP contribution is -2.47. The van der Waals surface area contributed by atoms with Gasteiger partial charge in [0, 0.05) is 40.8 Å². The first-order valence-corrected chi connectivity index (χ1v) is 11.4. The zero-order valence-electron chi connectivity index (χ0n) is 20.1. The molecule has 0 aromatic heterocycles. The molecule has 1 aliphatic rings. The number of likely N-dealkylation sites (N-methyl/N-ethyl adjacent to an activating group) is 4. The Morgan fingerprint density at radius 1 is 0.750 bits per heavy atom. The first-order valence-electron chi connectivity index (χ1n) is 11.4. The van der Waals surface area contributed by atoms with E-state index >= 15 is 0 Å². The summed E-state index contributed by atoms with van der Waals surface area (Å²) in [5, 5.41) is 0. The van der Waals surface area contributed by atoms with E-state index in [1.54, 1.807) is 26.0 Å². The molecule has 0 N–H and O–H groups in total. The molecule has 0 spiro atoms. The predicted octanol–water partition coefficient (Wildman–Crippen LogP) is 0.980. The van der Waals surface area contributed by atoms with Crippen LogP contribution in [0.2, 0.25) is 0 Å². The molecule has 1 saturated heterocycles. The summed E-state index contributed by atoms with van der Waals surface area (Å²) in [6.45, 7) is 4.36. The van der Waals surface area contributed by atoms with E-state index in [1.807, 2.05) is 25.2 Å². The second-order valence-electron chi connectivity index (χ2n) is 8.88. The van der Waals surface area contributed by atoms with Gasteiger partial charge < -0.3 is 19.6 Å². The lowest BCUT2D eigenvalue weighted by atomic mass is 10.1. The summed E-state index contributed by atoms with van der Waals surface area (Å²) in [5.41, 5.74) is 1.23. The van der Waals surface area contributed by atoms with Crippen molar-refractivity contribution in [2.75, 3.05) is 74.0 Å². The van der Waals surface area contributed by atoms with Crippen molar-refractivity contribution in [3.05, 3.63) is 35.9 Å². The fourth-order valence-electron chi connectivity index (χ4n) is 3.67. The van der Waals surface area contributed by atoms with Crippen molar-refractivity contribution in [1.82, 2.24) is 24.5 Å². The number of carbonyl (C=O) groups excluding carboxylic acids is 3. The van der Waals surface area contributed by atoms with Crippen LogP contribution >= 0.6 is 0 Å². The summed E-state index contributed by atoms with van der Waals surface area (Å²) in [4.78, 5) is 46.3. The van der Waals surface area contributed by atoms with Gasteiger partial charge in [0.25, 0.3) is 0 Å². The Morgan fingerprint density at radius 3 is 1.94 bits per heavy atom. The van der Waals surface area contributed by atoms with Crippen LogP contribution in [0.3, 0.4) is 0 Å². The molecule has 178 valence electrons. The van der Waals surface area contributed by atoms with Gasteiger partial charge in [0.2, 0.25) is 17.7 Å². The topological polar surface area (TPSA) is 67.4 Å². The quantitative estimate of drug-likeness (QED) is 0.508. The fraction of sp³-hybridized carbons (Fsp3) is 0.625. The van der Waals surface area contributed by atoms with Gasteiger partial charge in [-0.05, 0) is 38.5 Å². The van der Waals surface area contributed by atoms with E-state index in [-0.39, 0.29) is 30.8 Å². The highest BCUT2D eigenvalue weighted by Crippen LogP contribution is 2.08. The zero-order valence-corrected chi connectivity index (χ0v) is 20.1. The highest BCUT2D eigenvalue weighted by atomic mass is 16.2. The van der Waals surface area contributed by atoms with Crippen molar-refractivity contribution in [3.8, 4) is 0 Å². The summed E-state index contributed by atoms with van der Waals surface area (Å²) in [6, 6.07) is 10.2. The van der Waals surface area contributed by atoms with Gasteiger partial charge in [-0.25, -0.2) is 0 Å². The summed E-state index contributed by atoms with van der Waals surface area (Å²) in [7, 11) is 7.04. The minimum atomic E-state index is -0.234. The second-order valence-corrected chi connectivity index (χ2v) is 8.88. The molecule has 3 amide bonds. The van der Waals surface area contributed by atoms with Gasteiger partial charge in [-0.1, -0.05) is 36.8 Å². The van der Waals surface area contributed by atoms with Crippen LogP contribution in [0, 0.1) is 0 Å². The molecule has 0 saturated carbocycles. The molecule has 1 fully saturated rings. The number of hydrogen-bond acceptors (Lipinski definition) is 5. The van der Waals surface area contributed by atoms with Crippen LogP contribution in [0.25, 0.3) is 0 Å². The molecule has 0 aliphatic carbocycles. The Kier molecular flexibility index (Phi) is 10.6. The number of rotatable bonds is 11. The van der Waals surface area contributed by atoms with Crippen LogP contribution in [0.1, 0.15) is 24.8 Å². The summed E-state index contributed by atoms with van der Waals surface area (Å²) in [6.07, 6.45) is 3.46. The lowest BCUT2D eigenvalue weighted by Gasteiger charge is -2.29. The van der Waals surface area contributed by atoms with E-state index in [4.69, 9.17) is 0 Å². The first kappa shape index (κ1) is 25.8. The Balaban J connectivity index is 1.69. The van der Waals surface area contributed by atoms with Gasteiger partial charge in [-0.3, -0.25) is 19.3 Å². The number of nitrogens with zero attached hydrogens (tertiary/aromatic N) is 5. The molecule has 1 aliphatic heterocycles. The van der Waals surface area contributed by atoms with E-state index in [0.29, 0.717) is 13.1 Å². The minimum absolute atomic E-state index is 0.00584. The highest BCUT2D eigenvalue weighted by molar-refractivity contribution is 5.88. The molecule has 8 nitrogen and oxygen atoms in total. The van der Waals surface area contributed by atoms with Crippen molar-refractivity contribution >= 4 is 17.7 Å². The molecule has 0 radical (unpaired) electrons. The third-order valence-electron chi connectivity index (χ3n) is 5.94. The minimum Gasteiger partial charge on any atom is -0.343 e. The summed E-state index contributed by atoms with van der Waals surface area (Å²) < 4.78 is 0. The standard InChI is InChI=1S/C24H39N5O3/c1-25(17-21-11-7-5-8-12-21)15-16-26(2)22(30)18-27(3)23(31)19-28(4)24(32)20-29-13-9-6-10-14-29/h5,7-8,11-12H,6,9-10,13-20H2,1-4H3. The van der Waals surface area contributed by atoms with Crippen LogP contribution in [-0.4, -0.2) is 116 Å². The molecule has 2 rings (SSSR count).